The van der Waals surface area contributed by atoms with Gasteiger partial charge in [0.1, 0.15) is 12.2 Å². The van der Waals surface area contributed by atoms with Gasteiger partial charge in [-0.3, -0.25) is 0 Å². The molecule has 1 aliphatic heterocycles. The summed E-state index contributed by atoms with van der Waals surface area (Å²) in [4.78, 5) is 20.2. The van der Waals surface area contributed by atoms with Crippen molar-refractivity contribution in [2.75, 3.05) is 19.8 Å². The van der Waals surface area contributed by atoms with Gasteiger partial charge < -0.3 is 25.0 Å². The number of ether oxygens (including phenoxy) is 2. The van der Waals surface area contributed by atoms with E-state index in [0.29, 0.717) is 13.0 Å². The monoisotopic (exact) mass is 331 g/mol. The molecule has 1 atom stereocenters. The van der Waals surface area contributed by atoms with Crippen LogP contribution in [0.2, 0.25) is 0 Å². The van der Waals surface area contributed by atoms with Crippen molar-refractivity contribution in [3.05, 3.63) is 35.9 Å². The molecule has 3 N–H and O–H groups in total. The minimum atomic E-state index is -1.12. The summed E-state index contributed by atoms with van der Waals surface area (Å²) in [6.07, 6.45) is -0.627. The number of amides is 1. The minimum absolute atomic E-state index is 0.0440. The van der Waals surface area contributed by atoms with Crippen LogP contribution in [0.25, 0.3) is 0 Å². The average Bonchev–Trinajstić information content (AvgIpc) is 2.92. The third-order valence-corrected chi connectivity index (χ3v) is 2.96. The van der Waals surface area contributed by atoms with Gasteiger partial charge in [0.15, 0.2) is 0 Å². The van der Waals surface area contributed by atoms with Gasteiger partial charge in [-0.05, 0) is 5.56 Å². The van der Waals surface area contributed by atoms with Crippen LogP contribution in [0.4, 0.5) is 9.59 Å². The Hall–Kier alpha value is -1.83. The quantitative estimate of drug-likeness (QED) is 0.728. The first-order chi connectivity index (χ1) is 10.4. The van der Waals surface area contributed by atoms with Gasteiger partial charge in [0.25, 0.3) is 0 Å². The number of carbonyl (C=O) groups is 2. The Morgan fingerprint density at radius 2 is 2.05 bits per heavy atom. The maximum Gasteiger partial charge on any atom is 0.404 e. The van der Waals surface area contributed by atoms with Gasteiger partial charge >= 0.3 is 11.5 Å². The first-order valence-electron chi connectivity index (χ1n) is 6.54. The van der Waals surface area contributed by atoms with Gasteiger partial charge in [-0.1, -0.05) is 30.3 Å². The normalized spacial score (nSPS) is 19.7. The Kier molecular flexibility index (Phi) is 7.65. The summed E-state index contributed by atoms with van der Waals surface area (Å²) in [5.74, 6) is 0. The molecule has 0 saturated carbocycles. The van der Waals surface area contributed by atoms with Crippen molar-refractivity contribution < 1.29 is 29.3 Å². The molecule has 8 heteroatoms. The highest BCUT2D eigenvalue weighted by molar-refractivity contribution is 6.61. The Morgan fingerprint density at radius 1 is 1.36 bits per heavy atom. The second kappa shape index (κ2) is 9.24. The number of nitrogens with one attached hydrogen (secondary N) is 1. The number of halogens is 1. The van der Waals surface area contributed by atoms with Crippen LogP contribution >= 0.6 is 11.6 Å². The summed E-state index contributed by atoms with van der Waals surface area (Å²) in [6, 6.07) is 9.36. The third-order valence-electron chi connectivity index (χ3n) is 2.85. The molecule has 1 aromatic carbocycles. The highest BCUT2D eigenvalue weighted by Gasteiger charge is 2.32. The maximum absolute atomic E-state index is 10.2. The van der Waals surface area contributed by atoms with Crippen molar-refractivity contribution >= 4 is 23.1 Å². The Morgan fingerprint density at radius 3 is 2.55 bits per heavy atom. The molecule has 122 valence electrons. The summed E-state index contributed by atoms with van der Waals surface area (Å²) in [5, 5.41) is 19.8. The van der Waals surface area contributed by atoms with Crippen LogP contribution in [-0.4, -0.2) is 47.1 Å². The molecule has 1 aromatic rings. The second-order valence-electron chi connectivity index (χ2n) is 4.70. The molecule has 0 spiro atoms. The number of benzene rings is 1. The van der Waals surface area contributed by atoms with E-state index in [1.807, 2.05) is 30.3 Å². The van der Waals surface area contributed by atoms with E-state index >= 15 is 0 Å². The van der Waals surface area contributed by atoms with Gasteiger partial charge in [0, 0.05) is 24.6 Å². The van der Waals surface area contributed by atoms with E-state index in [4.69, 9.17) is 21.4 Å². The molecular weight excluding hydrogens is 314 g/mol. The molecule has 7 nitrogen and oxygen atoms in total. The first kappa shape index (κ1) is 18.2. The SMILES string of the molecule is O=C(Cl)OCc1ccccc1.O=C(O)NC[C@]1(O)CCOC1. The minimum Gasteiger partial charge on any atom is -0.465 e. The lowest BCUT2D eigenvalue weighted by atomic mass is 10.0. The second-order valence-corrected chi connectivity index (χ2v) is 5.01. The third kappa shape index (κ3) is 7.82. The fourth-order valence-corrected chi connectivity index (χ4v) is 1.74. The van der Waals surface area contributed by atoms with E-state index < -0.39 is 17.1 Å². The largest absolute Gasteiger partial charge is 0.465 e. The topological polar surface area (TPSA) is 105 Å². The van der Waals surface area contributed by atoms with E-state index in [1.54, 1.807) is 0 Å². The number of rotatable bonds is 4. The Labute approximate surface area is 132 Å². The molecule has 1 aliphatic rings. The molecule has 0 unspecified atom stereocenters. The number of hydrogen-bond donors (Lipinski definition) is 3. The highest BCUT2D eigenvalue weighted by Crippen LogP contribution is 2.16. The zero-order chi connectivity index (χ0) is 16.4. The Bertz CT molecular complexity index is 475. The lowest BCUT2D eigenvalue weighted by Crippen LogP contribution is -2.42. The summed E-state index contributed by atoms with van der Waals surface area (Å²) in [5.41, 5.74) is -0.825. The van der Waals surface area contributed by atoms with Crippen LogP contribution in [-0.2, 0) is 16.1 Å². The standard InChI is InChI=1S/C8H7ClO2.C6H11NO4/c9-8(10)11-6-7-4-2-1-3-5-7;8-5(9)7-3-6(10)1-2-11-4-6/h1-5H,6H2;7,10H,1-4H2,(H,8,9)/t;6-/m.1/s1. The van der Waals surface area contributed by atoms with Crippen LogP contribution < -0.4 is 5.32 Å². The number of hydrogen-bond acceptors (Lipinski definition) is 5. The molecule has 1 fully saturated rings. The highest BCUT2D eigenvalue weighted by atomic mass is 35.5. The van der Waals surface area contributed by atoms with Crippen LogP contribution in [0.3, 0.4) is 0 Å². The molecule has 1 saturated heterocycles. The van der Waals surface area contributed by atoms with Gasteiger partial charge in [-0.2, -0.15) is 0 Å². The summed E-state index contributed by atoms with van der Waals surface area (Å²) < 4.78 is 9.46. The van der Waals surface area contributed by atoms with Gasteiger partial charge in [0.05, 0.1) is 13.2 Å². The van der Waals surface area contributed by atoms with Crippen molar-refractivity contribution in [3.8, 4) is 0 Å². The zero-order valence-corrected chi connectivity index (χ0v) is 12.6. The predicted octanol–water partition coefficient (Wildman–Crippen LogP) is 1.97. The van der Waals surface area contributed by atoms with Crippen LogP contribution in [0.5, 0.6) is 0 Å². The van der Waals surface area contributed by atoms with Crippen molar-refractivity contribution in [3.63, 3.8) is 0 Å². The smallest absolute Gasteiger partial charge is 0.404 e. The van der Waals surface area contributed by atoms with Crippen LogP contribution in [0.1, 0.15) is 12.0 Å². The summed E-state index contributed by atoms with van der Waals surface area (Å²) >= 11 is 4.97. The molecule has 0 aromatic heterocycles. The molecule has 0 radical (unpaired) electrons. The first-order valence-corrected chi connectivity index (χ1v) is 6.92. The molecule has 1 heterocycles. The number of carboxylic acid groups (broad SMARTS) is 1. The van der Waals surface area contributed by atoms with Crippen LogP contribution in [0, 0.1) is 0 Å². The van der Waals surface area contributed by atoms with Crippen LogP contribution in [0.15, 0.2) is 30.3 Å². The predicted molar refractivity (Wildman–Crippen MR) is 78.9 cm³/mol. The lowest BCUT2D eigenvalue weighted by molar-refractivity contribution is 0.0275. The van der Waals surface area contributed by atoms with E-state index in [9.17, 15) is 14.7 Å². The van der Waals surface area contributed by atoms with Crippen molar-refractivity contribution in [2.45, 2.75) is 18.6 Å². The van der Waals surface area contributed by atoms with Gasteiger partial charge in [0.2, 0.25) is 0 Å². The van der Waals surface area contributed by atoms with E-state index in [-0.39, 0.29) is 19.8 Å². The maximum atomic E-state index is 10.2. The lowest BCUT2D eigenvalue weighted by Gasteiger charge is -2.19. The fourth-order valence-electron chi connectivity index (χ4n) is 1.69. The molecule has 1 amide bonds. The van der Waals surface area contributed by atoms with E-state index in [2.05, 4.69) is 10.1 Å². The number of carbonyl (C=O) groups excluding carboxylic acids is 1. The summed E-state index contributed by atoms with van der Waals surface area (Å²) in [7, 11) is 0. The summed E-state index contributed by atoms with van der Waals surface area (Å²) in [6.45, 7) is 0.997. The Balaban J connectivity index is 0.000000220. The van der Waals surface area contributed by atoms with Crippen molar-refractivity contribution in [1.29, 1.82) is 0 Å². The molecule has 22 heavy (non-hydrogen) atoms. The molecule has 0 bridgehead atoms. The molecular formula is C14H18ClNO6. The van der Waals surface area contributed by atoms with Crippen molar-refractivity contribution in [2.24, 2.45) is 0 Å². The number of aliphatic hydroxyl groups is 1. The molecule has 2 rings (SSSR count). The zero-order valence-electron chi connectivity index (χ0n) is 11.8. The van der Waals surface area contributed by atoms with Gasteiger partial charge in [-0.15, -0.1) is 0 Å². The average molecular weight is 332 g/mol. The van der Waals surface area contributed by atoms with E-state index in [1.165, 1.54) is 0 Å². The molecule has 0 aliphatic carbocycles. The van der Waals surface area contributed by atoms with Crippen molar-refractivity contribution in [1.82, 2.24) is 5.32 Å². The van der Waals surface area contributed by atoms with E-state index in [0.717, 1.165) is 5.56 Å². The van der Waals surface area contributed by atoms with Gasteiger partial charge in [-0.25, -0.2) is 9.59 Å². The fraction of sp³-hybridized carbons (Fsp3) is 0.429.